The minimum Gasteiger partial charge on any atom is -0.465 e. The van der Waals surface area contributed by atoms with Crippen molar-refractivity contribution in [3.05, 3.63) is 41.3 Å². The Hall–Kier alpha value is -3.49. The van der Waals surface area contributed by atoms with Crippen molar-refractivity contribution in [3.8, 4) is 0 Å². The highest BCUT2D eigenvalue weighted by Gasteiger charge is 2.20. The Balaban J connectivity index is 1.99. The van der Waals surface area contributed by atoms with Crippen LogP contribution in [0.1, 0.15) is 33.6 Å². The van der Waals surface area contributed by atoms with E-state index < -0.39 is 11.9 Å². The van der Waals surface area contributed by atoms with Gasteiger partial charge in [-0.15, -0.1) is 0 Å². The molecule has 0 saturated heterocycles. The van der Waals surface area contributed by atoms with Gasteiger partial charge in [-0.1, -0.05) is 5.16 Å². The minimum atomic E-state index is -0.660. The van der Waals surface area contributed by atoms with E-state index in [1.807, 2.05) is 0 Å². The first-order valence-corrected chi connectivity index (χ1v) is 7.80. The molecule has 0 spiro atoms. The summed E-state index contributed by atoms with van der Waals surface area (Å²) in [6.45, 7) is 3.63. The van der Waals surface area contributed by atoms with Crippen LogP contribution in [-0.4, -0.2) is 40.8 Å². The zero-order valence-electron chi connectivity index (χ0n) is 14.4. The molecule has 0 amide bonds. The maximum atomic E-state index is 12.0. The van der Waals surface area contributed by atoms with Crippen LogP contribution in [0.3, 0.4) is 0 Å². The average Bonchev–Trinajstić information content (AvgIpc) is 3.03. The van der Waals surface area contributed by atoms with E-state index in [0.29, 0.717) is 28.1 Å². The molecule has 0 bridgehead atoms. The summed E-state index contributed by atoms with van der Waals surface area (Å²) in [4.78, 5) is 31.8. The monoisotopic (exact) mass is 356 g/mol. The molecule has 9 nitrogen and oxygen atoms in total. The van der Waals surface area contributed by atoms with Crippen molar-refractivity contribution in [3.63, 3.8) is 0 Å². The summed E-state index contributed by atoms with van der Waals surface area (Å²) in [5.41, 5.74) is 1.81. The van der Waals surface area contributed by atoms with Gasteiger partial charge in [0.2, 0.25) is 5.82 Å². The number of ether oxygens (including phenoxy) is 2. The van der Waals surface area contributed by atoms with Crippen molar-refractivity contribution >= 4 is 34.5 Å². The van der Waals surface area contributed by atoms with Crippen LogP contribution in [0.2, 0.25) is 0 Å². The van der Waals surface area contributed by atoms with Gasteiger partial charge in [0.1, 0.15) is 11.2 Å². The molecule has 0 saturated carbocycles. The van der Waals surface area contributed by atoms with Crippen LogP contribution >= 0.6 is 0 Å². The lowest BCUT2D eigenvalue weighted by Gasteiger charge is -2.09. The maximum absolute atomic E-state index is 12.0. The molecule has 2 heterocycles. The van der Waals surface area contributed by atoms with Crippen molar-refractivity contribution in [1.82, 2.24) is 15.1 Å². The highest BCUT2D eigenvalue weighted by Crippen LogP contribution is 2.27. The number of methoxy groups -OCH3 is 1. The van der Waals surface area contributed by atoms with Crippen LogP contribution in [0, 0.1) is 6.92 Å². The number of aryl methyl sites for hydroxylation is 1. The van der Waals surface area contributed by atoms with Crippen molar-refractivity contribution in [2.24, 2.45) is 0 Å². The lowest BCUT2D eigenvalue weighted by atomic mass is 10.2. The summed E-state index contributed by atoms with van der Waals surface area (Å²) in [5.74, 6) is -0.875. The molecule has 0 fully saturated rings. The smallest absolute Gasteiger partial charge is 0.376 e. The number of rotatable bonds is 5. The van der Waals surface area contributed by atoms with Crippen LogP contribution in [0.5, 0.6) is 0 Å². The number of carbonyl (C=O) groups is 2. The molecule has 134 valence electrons. The fourth-order valence-electron chi connectivity index (χ4n) is 2.31. The van der Waals surface area contributed by atoms with Crippen LogP contribution < -0.4 is 5.32 Å². The van der Waals surface area contributed by atoms with E-state index in [4.69, 9.17) is 9.26 Å². The van der Waals surface area contributed by atoms with Crippen molar-refractivity contribution in [2.75, 3.05) is 19.0 Å². The molecule has 0 aliphatic rings. The van der Waals surface area contributed by atoms with Crippen molar-refractivity contribution in [1.29, 1.82) is 0 Å². The average molecular weight is 356 g/mol. The molecule has 2 aromatic heterocycles. The number of hydrogen-bond acceptors (Lipinski definition) is 9. The number of fused-ring (bicyclic) bond motifs is 1. The molecule has 3 aromatic rings. The molecule has 1 aromatic carbocycles. The fraction of sp³-hybridized carbons (Fsp3) is 0.235. The van der Waals surface area contributed by atoms with E-state index in [1.165, 1.54) is 7.11 Å². The van der Waals surface area contributed by atoms with E-state index in [-0.39, 0.29) is 18.1 Å². The van der Waals surface area contributed by atoms with E-state index >= 15 is 0 Å². The van der Waals surface area contributed by atoms with Gasteiger partial charge in [-0.2, -0.15) is 4.98 Å². The Kier molecular flexibility index (Phi) is 4.78. The SMILES string of the molecule is CCOC(=O)c1nc(Nc2ccc(C(=O)OC)cc2)c2c(C)noc2n1. The molecule has 0 radical (unpaired) electrons. The van der Waals surface area contributed by atoms with Crippen LogP contribution in [0.4, 0.5) is 11.5 Å². The number of esters is 2. The van der Waals surface area contributed by atoms with Gasteiger partial charge in [0.15, 0.2) is 0 Å². The van der Waals surface area contributed by atoms with Gasteiger partial charge in [-0.05, 0) is 38.1 Å². The third-order valence-corrected chi connectivity index (χ3v) is 3.53. The number of benzene rings is 1. The quantitative estimate of drug-likeness (QED) is 0.688. The first-order chi connectivity index (χ1) is 12.5. The summed E-state index contributed by atoms with van der Waals surface area (Å²) < 4.78 is 14.8. The van der Waals surface area contributed by atoms with Gasteiger partial charge in [0.25, 0.3) is 5.71 Å². The summed E-state index contributed by atoms with van der Waals surface area (Å²) in [5, 5.41) is 7.50. The van der Waals surface area contributed by atoms with Gasteiger partial charge in [0.05, 0.1) is 25.0 Å². The standard InChI is InChI=1S/C17H16N4O5/c1-4-25-17(23)14-19-13(12-9(2)21-26-15(12)20-14)18-11-7-5-10(6-8-11)16(22)24-3/h5-8H,4H2,1-3H3,(H,18,19,20). The lowest BCUT2D eigenvalue weighted by molar-refractivity contribution is 0.0511. The van der Waals surface area contributed by atoms with Gasteiger partial charge in [0, 0.05) is 5.69 Å². The summed E-state index contributed by atoms with van der Waals surface area (Å²) in [7, 11) is 1.32. The lowest BCUT2D eigenvalue weighted by Crippen LogP contribution is -2.11. The molecule has 1 N–H and O–H groups in total. The topological polar surface area (TPSA) is 116 Å². The number of carbonyl (C=O) groups excluding carboxylic acids is 2. The zero-order chi connectivity index (χ0) is 18.7. The number of anilines is 2. The Morgan fingerprint density at radius 1 is 1.15 bits per heavy atom. The number of hydrogen-bond donors (Lipinski definition) is 1. The molecule has 0 aliphatic heterocycles. The highest BCUT2D eigenvalue weighted by molar-refractivity contribution is 5.94. The number of nitrogens with zero attached hydrogens (tertiary/aromatic N) is 3. The van der Waals surface area contributed by atoms with Gasteiger partial charge >= 0.3 is 11.9 Å². The predicted molar refractivity (Wildman–Crippen MR) is 91.4 cm³/mol. The molecule has 0 atom stereocenters. The first kappa shape index (κ1) is 17.3. The third kappa shape index (κ3) is 3.32. The second kappa shape index (κ2) is 7.18. The van der Waals surface area contributed by atoms with Crippen LogP contribution in [-0.2, 0) is 9.47 Å². The number of nitrogens with one attached hydrogen (secondary N) is 1. The number of aromatic nitrogens is 3. The third-order valence-electron chi connectivity index (χ3n) is 3.53. The minimum absolute atomic E-state index is 0.135. The van der Waals surface area contributed by atoms with Crippen LogP contribution in [0.25, 0.3) is 11.1 Å². The Bertz CT molecular complexity index is 965. The molecule has 3 rings (SSSR count). The molecule has 0 unspecified atom stereocenters. The van der Waals surface area contributed by atoms with Crippen molar-refractivity contribution in [2.45, 2.75) is 13.8 Å². The summed E-state index contributed by atoms with van der Waals surface area (Å²) in [6.07, 6.45) is 0. The van der Waals surface area contributed by atoms with Gasteiger partial charge in [-0.3, -0.25) is 0 Å². The Morgan fingerprint density at radius 2 is 1.88 bits per heavy atom. The first-order valence-electron chi connectivity index (χ1n) is 7.80. The van der Waals surface area contributed by atoms with Gasteiger partial charge < -0.3 is 19.3 Å². The second-order valence-electron chi connectivity index (χ2n) is 5.26. The zero-order valence-corrected chi connectivity index (χ0v) is 14.4. The van der Waals surface area contributed by atoms with E-state index in [0.717, 1.165) is 0 Å². The molecule has 0 aliphatic carbocycles. The van der Waals surface area contributed by atoms with Crippen LogP contribution in [0.15, 0.2) is 28.8 Å². The van der Waals surface area contributed by atoms with E-state index in [1.54, 1.807) is 38.1 Å². The Morgan fingerprint density at radius 3 is 2.54 bits per heavy atom. The van der Waals surface area contributed by atoms with E-state index in [9.17, 15) is 9.59 Å². The molecular formula is C17H16N4O5. The predicted octanol–water partition coefficient (Wildman–Crippen LogP) is 2.63. The second-order valence-corrected chi connectivity index (χ2v) is 5.26. The summed E-state index contributed by atoms with van der Waals surface area (Å²) in [6, 6.07) is 6.60. The summed E-state index contributed by atoms with van der Waals surface area (Å²) >= 11 is 0. The largest absolute Gasteiger partial charge is 0.465 e. The molecule has 26 heavy (non-hydrogen) atoms. The Labute approximate surface area is 148 Å². The van der Waals surface area contributed by atoms with Crippen molar-refractivity contribution < 1.29 is 23.6 Å². The van der Waals surface area contributed by atoms with E-state index in [2.05, 4.69) is 25.2 Å². The normalized spacial score (nSPS) is 10.6. The maximum Gasteiger partial charge on any atom is 0.376 e. The molecule has 9 heteroatoms. The highest BCUT2D eigenvalue weighted by atomic mass is 16.5. The van der Waals surface area contributed by atoms with Gasteiger partial charge in [-0.25, -0.2) is 14.6 Å². The fourth-order valence-corrected chi connectivity index (χ4v) is 2.31. The molecular weight excluding hydrogens is 340 g/mol.